The van der Waals surface area contributed by atoms with Crippen LogP contribution in [0.2, 0.25) is 0 Å². The molecule has 0 amide bonds. The molecular weight excluding hydrogens is 228 g/mol. The van der Waals surface area contributed by atoms with Gasteiger partial charge in [-0.15, -0.1) is 0 Å². The van der Waals surface area contributed by atoms with Crippen LogP contribution in [-0.2, 0) is 0 Å². The van der Waals surface area contributed by atoms with Crippen molar-refractivity contribution in [2.24, 2.45) is 5.92 Å². The summed E-state index contributed by atoms with van der Waals surface area (Å²) in [5, 5.41) is 0. The van der Waals surface area contributed by atoms with Crippen molar-refractivity contribution >= 4 is 0 Å². The molecule has 0 fully saturated rings. The summed E-state index contributed by atoms with van der Waals surface area (Å²) < 4.78 is 0. The minimum atomic E-state index is 0.931. The third-order valence-corrected chi connectivity index (χ3v) is 4.25. The first-order valence-electron chi connectivity index (χ1n) is 9.10. The summed E-state index contributed by atoms with van der Waals surface area (Å²) in [7, 11) is 0. The molecule has 0 nitrogen and oxygen atoms in total. The minimum absolute atomic E-state index is 0.931. The van der Waals surface area contributed by atoms with Crippen LogP contribution in [0.25, 0.3) is 0 Å². The predicted molar refractivity (Wildman–Crippen MR) is 89.5 cm³/mol. The fourth-order valence-electron chi connectivity index (χ4n) is 2.79. The highest BCUT2D eigenvalue weighted by Crippen LogP contribution is 2.17. The van der Waals surface area contributed by atoms with E-state index >= 15 is 0 Å². The summed E-state index contributed by atoms with van der Waals surface area (Å²) in [6.45, 7) is 8.62. The molecule has 0 bridgehead atoms. The van der Waals surface area contributed by atoms with Crippen LogP contribution in [0.3, 0.4) is 0 Å². The summed E-state index contributed by atoms with van der Waals surface area (Å²) in [6.07, 6.45) is 21.3. The van der Waals surface area contributed by atoms with Gasteiger partial charge in [0.25, 0.3) is 0 Å². The van der Waals surface area contributed by atoms with Gasteiger partial charge in [-0.3, -0.25) is 0 Å². The summed E-state index contributed by atoms with van der Waals surface area (Å²) in [4.78, 5) is 0. The lowest BCUT2D eigenvalue weighted by atomic mass is 9.97. The highest BCUT2D eigenvalue weighted by molar-refractivity contribution is 4.55. The lowest BCUT2D eigenvalue weighted by Crippen LogP contribution is -1.94. The van der Waals surface area contributed by atoms with E-state index in [0.29, 0.717) is 0 Å². The van der Waals surface area contributed by atoms with Crippen molar-refractivity contribution in [3.8, 4) is 0 Å². The predicted octanol–water partition coefficient (Wildman–Crippen LogP) is 7.33. The molecule has 0 aromatic rings. The van der Waals surface area contributed by atoms with Crippen molar-refractivity contribution in [2.45, 2.75) is 110 Å². The van der Waals surface area contributed by atoms with Gasteiger partial charge in [-0.2, -0.15) is 0 Å². The van der Waals surface area contributed by atoms with E-state index in [1.54, 1.807) is 0 Å². The molecule has 19 heavy (non-hydrogen) atoms. The molecule has 0 aromatic carbocycles. The second-order valence-electron chi connectivity index (χ2n) is 6.43. The fourth-order valence-corrected chi connectivity index (χ4v) is 2.79. The zero-order valence-electron chi connectivity index (χ0n) is 13.9. The Balaban J connectivity index is 3.02. The summed E-state index contributed by atoms with van der Waals surface area (Å²) in [6, 6.07) is 0. The van der Waals surface area contributed by atoms with Crippen molar-refractivity contribution in [2.75, 3.05) is 0 Å². The third kappa shape index (κ3) is 15.9. The van der Waals surface area contributed by atoms with Crippen LogP contribution in [0.1, 0.15) is 110 Å². The molecule has 1 atom stereocenters. The minimum Gasteiger partial charge on any atom is -0.0654 e. The lowest BCUT2D eigenvalue weighted by molar-refractivity contribution is 0.443. The van der Waals surface area contributed by atoms with E-state index in [1.807, 2.05) is 0 Å². The fraction of sp³-hybridized carbons (Fsp3) is 0.947. The van der Waals surface area contributed by atoms with Crippen molar-refractivity contribution in [3.63, 3.8) is 0 Å². The Labute approximate surface area is 123 Å². The van der Waals surface area contributed by atoms with Crippen LogP contribution in [0.4, 0.5) is 0 Å². The van der Waals surface area contributed by atoms with E-state index in [1.165, 1.54) is 89.9 Å². The SMILES string of the molecule is [CH2]CCCC(C)CCCCCCCCCCCCC. The maximum Gasteiger partial charge on any atom is -0.0443 e. The maximum atomic E-state index is 3.92. The molecule has 0 saturated carbocycles. The van der Waals surface area contributed by atoms with Gasteiger partial charge < -0.3 is 0 Å². The Morgan fingerprint density at radius 3 is 1.53 bits per heavy atom. The van der Waals surface area contributed by atoms with Gasteiger partial charge in [0.05, 0.1) is 0 Å². The average molecular weight is 268 g/mol. The quantitative estimate of drug-likeness (QED) is 0.272. The molecule has 0 saturated heterocycles. The van der Waals surface area contributed by atoms with E-state index in [-0.39, 0.29) is 0 Å². The summed E-state index contributed by atoms with van der Waals surface area (Å²) >= 11 is 0. The second kappa shape index (κ2) is 16.1. The van der Waals surface area contributed by atoms with Gasteiger partial charge in [0, 0.05) is 0 Å². The molecule has 0 heterocycles. The Morgan fingerprint density at radius 1 is 0.632 bits per heavy atom. The highest BCUT2D eigenvalue weighted by atomic mass is 14.1. The molecule has 0 aliphatic rings. The Morgan fingerprint density at radius 2 is 1.05 bits per heavy atom. The zero-order chi connectivity index (χ0) is 14.2. The molecule has 0 N–H and O–H groups in total. The van der Waals surface area contributed by atoms with Crippen LogP contribution >= 0.6 is 0 Å². The van der Waals surface area contributed by atoms with Gasteiger partial charge in [-0.1, -0.05) is 117 Å². The molecule has 0 heteroatoms. The number of hydrogen-bond acceptors (Lipinski definition) is 0. The Hall–Kier alpha value is 0. The normalized spacial score (nSPS) is 12.8. The van der Waals surface area contributed by atoms with E-state index in [4.69, 9.17) is 0 Å². The Kier molecular flexibility index (Phi) is 16.1. The number of unbranched alkanes of at least 4 members (excludes halogenated alkanes) is 11. The summed E-state index contributed by atoms with van der Waals surface area (Å²) in [5.41, 5.74) is 0. The Bertz CT molecular complexity index is 150. The zero-order valence-corrected chi connectivity index (χ0v) is 13.9. The molecule has 0 aliphatic heterocycles. The molecule has 0 aliphatic carbocycles. The van der Waals surface area contributed by atoms with Crippen LogP contribution in [0.15, 0.2) is 0 Å². The van der Waals surface area contributed by atoms with E-state index < -0.39 is 0 Å². The lowest BCUT2D eigenvalue weighted by Gasteiger charge is -2.10. The van der Waals surface area contributed by atoms with Gasteiger partial charge in [0.15, 0.2) is 0 Å². The van der Waals surface area contributed by atoms with E-state index in [0.717, 1.165) is 12.3 Å². The van der Waals surface area contributed by atoms with Crippen LogP contribution in [0, 0.1) is 12.8 Å². The van der Waals surface area contributed by atoms with Gasteiger partial charge in [0.2, 0.25) is 0 Å². The smallest absolute Gasteiger partial charge is 0.0443 e. The molecule has 0 spiro atoms. The second-order valence-corrected chi connectivity index (χ2v) is 6.43. The molecule has 1 radical (unpaired) electrons. The van der Waals surface area contributed by atoms with E-state index in [2.05, 4.69) is 20.8 Å². The average Bonchev–Trinajstić information content (AvgIpc) is 2.42. The molecule has 0 rings (SSSR count). The monoisotopic (exact) mass is 267 g/mol. The first kappa shape index (κ1) is 19.0. The van der Waals surface area contributed by atoms with Crippen LogP contribution in [-0.4, -0.2) is 0 Å². The summed E-state index contributed by atoms with van der Waals surface area (Å²) in [5.74, 6) is 0.931. The molecule has 115 valence electrons. The number of hydrogen-bond donors (Lipinski definition) is 0. The van der Waals surface area contributed by atoms with Crippen molar-refractivity contribution in [3.05, 3.63) is 6.92 Å². The topological polar surface area (TPSA) is 0 Å². The van der Waals surface area contributed by atoms with Crippen molar-refractivity contribution < 1.29 is 0 Å². The first-order chi connectivity index (χ1) is 9.31. The van der Waals surface area contributed by atoms with Gasteiger partial charge in [-0.05, 0) is 5.92 Å². The van der Waals surface area contributed by atoms with Gasteiger partial charge in [-0.25, -0.2) is 0 Å². The van der Waals surface area contributed by atoms with Gasteiger partial charge >= 0.3 is 0 Å². The van der Waals surface area contributed by atoms with E-state index in [9.17, 15) is 0 Å². The van der Waals surface area contributed by atoms with Gasteiger partial charge in [0.1, 0.15) is 0 Å². The van der Waals surface area contributed by atoms with Crippen molar-refractivity contribution in [1.82, 2.24) is 0 Å². The van der Waals surface area contributed by atoms with Crippen molar-refractivity contribution in [1.29, 1.82) is 0 Å². The van der Waals surface area contributed by atoms with Crippen LogP contribution in [0.5, 0.6) is 0 Å². The third-order valence-electron chi connectivity index (χ3n) is 4.25. The highest BCUT2D eigenvalue weighted by Gasteiger charge is 2.00. The number of rotatable bonds is 15. The van der Waals surface area contributed by atoms with Crippen LogP contribution < -0.4 is 0 Å². The maximum absolute atomic E-state index is 3.92. The first-order valence-corrected chi connectivity index (χ1v) is 9.10. The molecule has 0 aromatic heterocycles. The largest absolute Gasteiger partial charge is 0.0654 e. The standard InChI is InChI=1S/C19H39/c1-4-6-8-9-10-11-12-13-14-15-16-18-19(3)17-7-5-2/h19H,2,4-18H2,1,3H3. The molecule has 1 unspecified atom stereocenters. The molecular formula is C19H39.